The van der Waals surface area contributed by atoms with Crippen LogP contribution in [0.1, 0.15) is 24.0 Å². The Labute approximate surface area is 165 Å². The van der Waals surface area contributed by atoms with E-state index in [0.29, 0.717) is 5.69 Å². The van der Waals surface area contributed by atoms with Crippen LogP contribution >= 0.6 is 0 Å². The minimum absolute atomic E-state index is 0.149. The van der Waals surface area contributed by atoms with Crippen molar-refractivity contribution in [3.63, 3.8) is 0 Å². The molecule has 3 rings (SSSR count). The predicted octanol–water partition coefficient (Wildman–Crippen LogP) is 3.91. The molecule has 0 heterocycles. The van der Waals surface area contributed by atoms with Crippen LogP contribution in [0.15, 0.2) is 89.8 Å². The van der Waals surface area contributed by atoms with Crippen LogP contribution in [0.25, 0.3) is 0 Å². The molecule has 0 spiro atoms. The zero-order valence-electron chi connectivity index (χ0n) is 15.5. The number of sulfonamides is 1. The summed E-state index contributed by atoms with van der Waals surface area (Å²) >= 11 is 0. The van der Waals surface area contributed by atoms with Gasteiger partial charge in [-0.3, -0.25) is 4.79 Å². The summed E-state index contributed by atoms with van der Waals surface area (Å²) in [6.07, 6.45) is 0. The van der Waals surface area contributed by atoms with E-state index in [9.17, 15) is 13.2 Å². The van der Waals surface area contributed by atoms with Crippen molar-refractivity contribution in [3.8, 4) is 0 Å². The maximum Gasteiger partial charge on any atom is 0.240 e. The molecule has 0 saturated carbocycles. The number of carbonyl (C=O) groups excluding carboxylic acids is 1. The Bertz CT molecular complexity index is 1020. The Balaban J connectivity index is 1.63. The molecule has 0 saturated heterocycles. The number of nitrogens with one attached hydrogen (secondary N) is 2. The molecule has 1 unspecified atom stereocenters. The third kappa shape index (κ3) is 5.06. The molecule has 0 aliphatic carbocycles. The number of hydrogen-bond donors (Lipinski definition) is 2. The molecule has 0 aliphatic rings. The second-order valence-electron chi connectivity index (χ2n) is 6.46. The first-order valence-corrected chi connectivity index (χ1v) is 10.4. The molecule has 0 aromatic heterocycles. The second kappa shape index (κ2) is 8.82. The van der Waals surface area contributed by atoms with Crippen molar-refractivity contribution >= 4 is 21.6 Å². The summed E-state index contributed by atoms with van der Waals surface area (Å²) in [5, 5.41) is 2.82. The van der Waals surface area contributed by atoms with Gasteiger partial charge in [-0.05, 0) is 42.3 Å². The van der Waals surface area contributed by atoms with Crippen molar-refractivity contribution in [1.82, 2.24) is 4.72 Å². The molecule has 1 amide bonds. The fraction of sp³-hybridized carbons (Fsp3) is 0.136. The highest BCUT2D eigenvalue weighted by Crippen LogP contribution is 2.19. The largest absolute Gasteiger partial charge is 0.326 e. The second-order valence-corrected chi connectivity index (χ2v) is 8.22. The quantitative estimate of drug-likeness (QED) is 0.638. The predicted molar refractivity (Wildman–Crippen MR) is 110 cm³/mol. The molecule has 144 valence electrons. The fourth-order valence-electron chi connectivity index (χ4n) is 2.72. The first kappa shape index (κ1) is 19.8. The van der Waals surface area contributed by atoms with Crippen LogP contribution in [0.3, 0.4) is 0 Å². The standard InChI is InChI=1S/C22H22N2O3S/c1-17(19-10-6-3-7-11-19)22(25)24-20-12-14-21(15-13-20)28(26,27)23-16-18-8-4-2-5-9-18/h2-15,17,23H,16H2,1H3,(H,24,25). The van der Waals surface area contributed by atoms with Crippen molar-refractivity contribution in [1.29, 1.82) is 0 Å². The van der Waals surface area contributed by atoms with Gasteiger partial charge < -0.3 is 5.32 Å². The minimum Gasteiger partial charge on any atom is -0.326 e. The molecule has 3 aromatic carbocycles. The molecule has 0 fully saturated rings. The number of rotatable bonds is 7. The van der Waals surface area contributed by atoms with E-state index in [4.69, 9.17) is 0 Å². The first-order valence-electron chi connectivity index (χ1n) is 8.95. The van der Waals surface area contributed by atoms with E-state index in [1.165, 1.54) is 12.1 Å². The highest BCUT2D eigenvalue weighted by Gasteiger charge is 2.16. The lowest BCUT2D eigenvalue weighted by Gasteiger charge is -2.13. The number of hydrogen-bond acceptors (Lipinski definition) is 3. The van der Waals surface area contributed by atoms with Crippen LogP contribution in [-0.4, -0.2) is 14.3 Å². The number of benzene rings is 3. The number of amides is 1. The summed E-state index contributed by atoms with van der Waals surface area (Å²) in [5.41, 5.74) is 2.35. The lowest BCUT2D eigenvalue weighted by atomic mass is 10.0. The highest BCUT2D eigenvalue weighted by molar-refractivity contribution is 7.89. The molecule has 2 N–H and O–H groups in total. The van der Waals surface area contributed by atoms with Crippen molar-refractivity contribution in [2.45, 2.75) is 24.3 Å². The van der Waals surface area contributed by atoms with E-state index >= 15 is 0 Å². The van der Waals surface area contributed by atoms with Crippen molar-refractivity contribution in [2.24, 2.45) is 0 Å². The maximum atomic E-state index is 12.4. The topological polar surface area (TPSA) is 75.3 Å². The van der Waals surface area contributed by atoms with Crippen LogP contribution in [0, 0.1) is 0 Å². The zero-order valence-corrected chi connectivity index (χ0v) is 16.3. The van der Waals surface area contributed by atoms with E-state index in [-0.39, 0.29) is 23.3 Å². The van der Waals surface area contributed by atoms with Crippen molar-refractivity contribution in [3.05, 3.63) is 96.1 Å². The average molecular weight is 394 g/mol. The van der Waals surface area contributed by atoms with Crippen LogP contribution in [0.5, 0.6) is 0 Å². The Morgan fingerprint density at radius 1 is 0.857 bits per heavy atom. The van der Waals surface area contributed by atoms with Gasteiger partial charge in [0, 0.05) is 12.2 Å². The van der Waals surface area contributed by atoms with Crippen LogP contribution < -0.4 is 10.0 Å². The smallest absolute Gasteiger partial charge is 0.240 e. The van der Waals surface area contributed by atoms with Gasteiger partial charge >= 0.3 is 0 Å². The minimum atomic E-state index is -3.63. The third-order valence-corrected chi connectivity index (χ3v) is 5.85. The Kier molecular flexibility index (Phi) is 6.23. The van der Waals surface area contributed by atoms with Crippen molar-refractivity contribution < 1.29 is 13.2 Å². The van der Waals surface area contributed by atoms with Gasteiger partial charge in [0.05, 0.1) is 10.8 Å². The summed E-state index contributed by atoms with van der Waals surface area (Å²) < 4.78 is 27.4. The number of anilines is 1. The molecule has 3 aromatic rings. The fourth-order valence-corrected chi connectivity index (χ4v) is 3.74. The van der Waals surface area contributed by atoms with Gasteiger partial charge in [-0.2, -0.15) is 0 Å². The third-order valence-electron chi connectivity index (χ3n) is 4.43. The normalized spacial score (nSPS) is 12.3. The molecule has 1 atom stereocenters. The van der Waals surface area contributed by atoms with E-state index < -0.39 is 10.0 Å². The van der Waals surface area contributed by atoms with Gasteiger partial charge in [0.2, 0.25) is 15.9 Å². The van der Waals surface area contributed by atoms with Gasteiger partial charge in [-0.15, -0.1) is 0 Å². The summed E-state index contributed by atoms with van der Waals surface area (Å²) in [6.45, 7) is 2.05. The van der Waals surface area contributed by atoms with E-state index in [2.05, 4.69) is 10.0 Å². The zero-order chi connectivity index (χ0) is 20.0. The lowest BCUT2D eigenvalue weighted by Crippen LogP contribution is -2.23. The van der Waals surface area contributed by atoms with Crippen LogP contribution in [-0.2, 0) is 21.4 Å². The van der Waals surface area contributed by atoms with E-state index in [1.807, 2.05) is 67.6 Å². The highest BCUT2D eigenvalue weighted by atomic mass is 32.2. The van der Waals surface area contributed by atoms with Crippen molar-refractivity contribution in [2.75, 3.05) is 5.32 Å². The summed E-state index contributed by atoms with van der Waals surface area (Å²) in [6, 6.07) is 24.9. The Hall–Kier alpha value is -2.96. The van der Waals surface area contributed by atoms with E-state index in [0.717, 1.165) is 11.1 Å². The Morgan fingerprint density at radius 3 is 2.04 bits per heavy atom. The van der Waals surface area contributed by atoms with Gasteiger partial charge in [-0.25, -0.2) is 13.1 Å². The summed E-state index contributed by atoms with van der Waals surface area (Å²) in [5.74, 6) is -0.457. The van der Waals surface area contributed by atoms with Gasteiger partial charge in [0.25, 0.3) is 0 Å². The van der Waals surface area contributed by atoms with Crippen LogP contribution in [0.2, 0.25) is 0 Å². The monoisotopic (exact) mass is 394 g/mol. The molecule has 0 bridgehead atoms. The van der Waals surface area contributed by atoms with Gasteiger partial charge in [0.1, 0.15) is 0 Å². The first-order chi connectivity index (χ1) is 13.5. The summed E-state index contributed by atoms with van der Waals surface area (Å²) in [7, 11) is -3.63. The average Bonchev–Trinajstić information content (AvgIpc) is 2.73. The van der Waals surface area contributed by atoms with E-state index in [1.54, 1.807) is 12.1 Å². The molecular formula is C22H22N2O3S. The molecule has 5 nitrogen and oxygen atoms in total. The Morgan fingerprint density at radius 2 is 1.43 bits per heavy atom. The molecule has 28 heavy (non-hydrogen) atoms. The van der Waals surface area contributed by atoms with Gasteiger partial charge in [0.15, 0.2) is 0 Å². The lowest BCUT2D eigenvalue weighted by molar-refractivity contribution is -0.117. The van der Waals surface area contributed by atoms with Gasteiger partial charge in [-0.1, -0.05) is 60.7 Å². The summed E-state index contributed by atoms with van der Waals surface area (Å²) in [4.78, 5) is 12.6. The molecule has 6 heteroatoms. The number of carbonyl (C=O) groups is 1. The molecule has 0 aliphatic heterocycles. The molecule has 0 radical (unpaired) electrons. The SMILES string of the molecule is CC(C(=O)Nc1ccc(S(=O)(=O)NCc2ccccc2)cc1)c1ccccc1. The van der Waals surface area contributed by atoms with Crippen LogP contribution in [0.4, 0.5) is 5.69 Å². The maximum absolute atomic E-state index is 12.4. The molecular weight excluding hydrogens is 372 g/mol.